The highest BCUT2D eigenvalue weighted by Crippen LogP contribution is 2.37. The molecule has 0 aliphatic heterocycles. The number of benzene rings is 1. The Kier molecular flexibility index (Phi) is 3.17. The number of hydrogen-bond acceptors (Lipinski definition) is 1. The molecule has 1 aromatic carbocycles. The number of nitrogens with zero attached hydrogens (tertiary/aromatic N) is 1. The Bertz CT molecular complexity index is 611. The molecule has 1 fully saturated rings. The third kappa shape index (κ3) is 2.09. The second-order valence-electron chi connectivity index (χ2n) is 5.88. The SMILES string of the molecule is CC1CCCCC(=O)C1c1cn(C)c2ccccc12. The maximum absolute atomic E-state index is 12.5. The molecule has 19 heavy (non-hydrogen) atoms. The molecule has 3 rings (SSSR count). The average Bonchev–Trinajstić information content (AvgIpc) is 2.63. The summed E-state index contributed by atoms with van der Waals surface area (Å²) in [5, 5.41) is 1.25. The van der Waals surface area contributed by atoms with E-state index in [-0.39, 0.29) is 5.92 Å². The summed E-state index contributed by atoms with van der Waals surface area (Å²) in [6, 6.07) is 8.41. The molecule has 1 saturated carbocycles. The fourth-order valence-corrected chi connectivity index (χ4v) is 3.51. The van der Waals surface area contributed by atoms with Gasteiger partial charge < -0.3 is 4.57 Å². The zero-order valence-corrected chi connectivity index (χ0v) is 11.7. The Morgan fingerprint density at radius 1 is 1.21 bits per heavy atom. The highest BCUT2D eigenvalue weighted by Gasteiger charge is 2.30. The highest BCUT2D eigenvalue weighted by atomic mass is 16.1. The van der Waals surface area contributed by atoms with Gasteiger partial charge in [0.25, 0.3) is 0 Å². The third-order valence-electron chi connectivity index (χ3n) is 4.51. The molecule has 2 aromatic rings. The smallest absolute Gasteiger partial charge is 0.140 e. The van der Waals surface area contributed by atoms with Crippen molar-refractivity contribution in [1.82, 2.24) is 4.57 Å². The number of ketones is 1. The first-order valence-corrected chi connectivity index (χ1v) is 7.25. The maximum atomic E-state index is 12.5. The number of carbonyl (C=O) groups is 1. The van der Waals surface area contributed by atoms with Gasteiger partial charge in [-0.2, -0.15) is 0 Å². The van der Waals surface area contributed by atoms with Crippen molar-refractivity contribution in [3.63, 3.8) is 0 Å². The minimum absolute atomic E-state index is 0.0913. The number of Topliss-reactive ketones (excluding diaryl/α,β-unsaturated/α-hetero) is 1. The van der Waals surface area contributed by atoms with Crippen molar-refractivity contribution in [2.24, 2.45) is 13.0 Å². The summed E-state index contributed by atoms with van der Waals surface area (Å²) in [6.45, 7) is 2.23. The lowest BCUT2D eigenvalue weighted by Gasteiger charge is -2.19. The van der Waals surface area contributed by atoms with Crippen molar-refractivity contribution in [3.05, 3.63) is 36.0 Å². The van der Waals surface area contributed by atoms with Crippen LogP contribution in [-0.2, 0) is 11.8 Å². The van der Waals surface area contributed by atoms with Crippen LogP contribution >= 0.6 is 0 Å². The van der Waals surface area contributed by atoms with Crippen LogP contribution in [0.1, 0.15) is 44.1 Å². The third-order valence-corrected chi connectivity index (χ3v) is 4.51. The lowest BCUT2D eigenvalue weighted by molar-refractivity contribution is -0.121. The number of carbonyl (C=O) groups excluding carboxylic acids is 1. The topological polar surface area (TPSA) is 22.0 Å². The summed E-state index contributed by atoms with van der Waals surface area (Å²) in [5.41, 5.74) is 2.46. The monoisotopic (exact) mass is 255 g/mol. The molecule has 1 heterocycles. The van der Waals surface area contributed by atoms with Crippen LogP contribution in [0.5, 0.6) is 0 Å². The fraction of sp³-hybridized carbons (Fsp3) is 0.471. The number of fused-ring (bicyclic) bond motifs is 1. The van der Waals surface area contributed by atoms with Crippen LogP contribution in [0.3, 0.4) is 0 Å². The molecule has 2 nitrogen and oxygen atoms in total. The van der Waals surface area contributed by atoms with Gasteiger partial charge in [-0.05, 0) is 30.4 Å². The molecule has 0 saturated heterocycles. The Hall–Kier alpha value is -1.57. The van der Waals surface area contributed by atoms with Gasteiger partial charge in [0.2, 0.25) is 0 Å². The molecular formula is C17H21NO. The standard InChI is InChI=1S/C17H21NO/c1-12-7-3-6-10-16(19)17(12)14-11-18(2)15-9-5-4-8-13(14)15/h4-5,8-9,11-12,17H,3,6-7,10H2,1-2H3. The van der Waals surface area contributed by atoms with Crippen LogP contribution in [0.25, 0.3) is 10.9 Å². The lowest BCUT2D eigenvalue weighted by Crippen LogP contribution is -2.17. The summed E-state index contributed by atoms with van der Waals surface area (Å²) in [5.74, 6) is 0.982. The van der Waals surface area contributed by atoms with Gasteiger partial charge in [-0.1, -0.05) is 31.5 Å². The molecule has 1 aliphatic carbocycles. The van der Waals surface area contributed by atoms with E-state index in [1.54, 1.807) is 0 Å². The van der Waals surface area contributed by atoms with E-state index in [0.717, 1.165) is 12.8 Å². The van der Waals surface area contributed by atoms with Gasteiger partial charge in [0.15, 0.2) is 0 Å². The van der Waals surface area contributed by atoms with E-state index in [9.17, 15) is 4.79 Å². The van der Waals surface area contributed by atoms with Crippen LogP contribution in [0.2, 0.25) is 0 Å². The van der Waals surface area contributed by atoms with Gasteiger partial charge in [-0.25, -0.2) is 0 Å². The summed E-state index contributed by atoms with van der Waals surface area (Å²) in [7, 11) is 2.07. The summed E-state index contributed by atoms with van der Waals surface area (Å²) >= 11 is 0. The summed E-state index contributed by atoms with van der Waals surface area (Å²) < 4.78 is 2.15. The molecule has 0 N–H and O–H groups in total. The second kappa shape index (κ2) is 4.84. The largest absolute Gasteiger partial charge is 0.350 e. The molecule has 1 aliphatic rings. The zero-order chi connectivity index (χ0) is 13.4. The van der Waals surface area contributed by atoms with Crippen molar-refractivity contribution in [2.45, 2.75) is 38.5 Å². The predicted molar refractivity (Wildman–Crippen MR) is 78.3 cm³/mol. The predicted octanol–water partition coefficient (Wildman–Crippen LogP) is 4.04. The first-order valence-electron chi connectivity index (χ1n) is 7.25. The second-order valence-corrected chi connectivity index (χ2v) is 5.88. The Labute approximate surface area is 114 Å². The minimum atomic E-state index is 0.0913. The van der Waals surface area contributed by atoms with E-state index in [0.29, 0.717) is 11.7 Å². The highest BCUT2D eigenvalue weighted by molar-refractivity contribution is 5.93. The van der Waals surface area contributed by atoms with E-state index >= 15 is 0 Å². The molecule has 2 unspecified atom stereocenters. The first-order chi connectivity index (χ1) is 9.18. The Morgan fingerprint density at radius 3 is 2.84 bits per heavy atom. The van der Waals surface area contributed by atoms with Gasteiger partial charge in [0.1, 0.15) is 5.78 Å². The van der Waals surface area contributed by atoms with Crippen molar-refractivity contribution in [3.8, 4) is 0 Å². The molecule has 0 bridgehead atoms. The first kappa shape index (κ1) is 12.5. The minimum Gasteiger partial charge on any atom is -0.350 e. The molecule has 0 radical (unpaired) electrons. The number of rotatable bonds is 1. The van der Waals surface area contributed by atoms with E-state index < -0.39 is 0 Å². The van der Waals surface area contributed by atoms with E-state index in [2.05, 4.69) is 49.0 Å². The van der Waals surface area contributed by atoms with Crippen molar-refractivity contribution < 1.29 is 4.79 Å². The molecule has 0 spiro atoms. The lowest BCUT2D eigenvalue weighted by atomic mass is 9.83. The maximum Gasteiger partial charge on any atom is 0.140 e. The number of hydrogen-bond donors (Lipinski definition) is 0. The van der Waals surface area contributed by atoms with Gasteiger partial charge in [0, 0.05) is 36.5 Å². The molecular weight excluding hydrogens is 234 g/mol. The molecule has 2 atom stereocenters. The summed E-state index contributed by atoms with van der Waals surface area (Å²) in [4.78, 5) is 12.5. The van der Waals surface area contributed by atoms with Crippen LogP contribution in [0.4, 0.5) is 0 Å². The van der Waals surface area contributed by atoms with Gasteiger partial charge >= 0.3 is 0 Å². The van der Waals surface area contributed by atoms with Gasteiger partial charge in [0.05, 0.1) is 0 Å². The average molecular weight is 255 g/mol. The van der Waals surface area contributed by atoms with E-state index in [1.165, 1.54) is 29.3 Å². The quantitative estimate of drug-likeness (QED) is 0.705. The molecule has 1 aromatic heterocycles. The Morgan fingerprint density at radius 2 is 2.00 bits per heavy atom. The van der Waals surface area contributed by atoms with E-state index in [1.807, 2.05) is 0 Å². The van der Waals surface area contributed by atoms with Crippen molar-refractivity contribution >= 4 is 16.7 Å². The molecule has 100 valence electrons. The summed E-state index contributed by atoms with van der Waals surface area (Å²) in [6.07, 6.45) is 6.32. The van der Waals surface area contributed by atoms with Crippen LogP contribution in [-0.4, -0.2) is 10.4 Å². The normalized spacial score (nSPS) is 24.6. The van der Waals surface area contributed by atoms with Crippen LogP contribution in [0, 0.1) is 5.92 Å². The van der Waals surface area contributed by atoms with Crippen LogP contribution in [0.15, 0.2) is 30.5 Å². The molecule has 0 amide bonds. The Balaban J connectivity index is 2.14. The van der Waals surface area contributed by atoms with Gasteiger partial charge in [-0.3, -0.25) is 4.79 Å². The van der Waals surface area contributed by atoms with Crippen molar-refractivity contribution in [1.29, 1.82) is 0 Å². The van der Waals surface area contributed by atoms with E-state index in [4.69, 9.17) is 0 Å². The van der Waals surface area contributed by atoms with Gasteiger partial charge in [-0.15, -0.1) is 0 Å². The van der Waals surface area contributed by atoms with Crippen LogP contribution < -0.4 is 0 Å². The van der Waals surface area contributed by atoms with Crippen molar-refractivity contribution in [2.75, 3.05) is 0 Å². The number of aryl methyl sites for hydroxylation is 1. The zero-order valence-electron chi connectivity index (χ0n) is 11.7. The molecule has 2 heteroatoms. The number of para-hydroxylation sites is 1. The fourth-order valence-electron chi connectivity index (χ4n) is 3.51. The number of aromatic nitrogens is 1.